The van der Waals surface area contributed by atoms with E-state index >= 15 is 0 Å². The molecule has 0 bridgehead atoms. The molecule has 1 aromatic rings. The van der Waals surface area contributed by atoms with Crippen molar-refractivity contribution < 1.29 is 0 Å². The molecule has 0 amide bonds. The maximum Gasteiger partial charge on any atom is 0.0865 e. The molecule has 0 nitrogen and oxygen atoms in total. The van der Waals surface area contributed by atoms with Gasteiger partial charge in [0.05, 0.1) is 16.1 Å². The standard InChI is InChI=1S/C20H36Si2/c1-8-18-16-15-17-19(21(9-2,10-3)11-4)20(18)22(12-5,13-6)14-7/h8,15-17H,1,9-14H2,2-7H3. The van der Waals surface area contributed by atoms with Crippen LogP contribution in [0.25, 0.3) is 6.08 Å². The average molecular weight is 333 g/mol. The minimum Gasteiger partial charge on any atom is -0.0985 e. The number of hydrogen-bond donors (Lipinski definition) is 0. The van der Waals surface area contributed by atoms with Crippen molar-refractivity contribution in [3.8, 4) is 0 Å². The maximum absolute atomic E-state index is 4.15. The first-order chi connectivity index (χ1) is 10.5. The maximum atomic E-state index is 4.15. The zero-order valence-electron chi connectivity index (χ0n) is 15.8. The third kappa shape index (κ3) is 3.18. The summed E-state index contributed by atoms with van der Waals surface area (Å²) in [6.07, 6.45) is 2.13. The Morgan fingerprint density at radius 3 is 1.59 bits per heavy atom. The molecule has 0 atom stereocenters. The molecule has 0 heterocycles. The first-order valence-electron chi connectivity index (χ1n) is 9.30. The van der Waals surface area contributed by atoms with Crippen molar-refractivity contribution >= 4 is 32.6 Å². The number of hydrogen-bond acceptors (Lipinski definition) is 0. The fourth-order valence-corrected chi connectivity index (χ4v) is 13.7. The van der Waals surface area contributed by atoms with Crippen LogP contribution in [0.15, 0.2) is 24.8 Å². The van der Waals surface area contributed by atoms with Gasteiger partial charge in [-0.05, 0) is 5.56 Å². The van der Waals surface area contributed by atoms with Crippen LogP contribution in [0, 0.1) is 0 Å². The number of rotatable bonds is 9. The van der Waals surface area contributed by atoms with Crippen LogP contribution >= 0.6 is 0 Å². The summed E-state index contributed by atoms with van der Waals surface area (Å²) >= 11 is 0. The van der Waals surface area contributed by atoms with Crippen LogP contribution in [0.2, 0.25) is 36.3 Å². The summed E-state index contributed by atoms with van der Waals surface area (Å²) in [5.41, 5.74) is 1.45. The van der Waals surface area contributed by atoms with Gasteiger partial charge < -0.3 is 0 Å². The van der Waals surface area contributed by atoms with Crippen molar-refractivity contribution in [1.29, 1.82) is 0 Å². The molecule has 22 heavy (non-hydrogen) atoms. The molecule has 0 aliphatic carbocycles. The highest BCUT2D eigenvalue weighted by atomic mass is 28.3. The molecule has 0 saturated carbocycles. The zero-order valence-corrected chi connectivity index (χ0v) is 17.8. The van der Waals surface area contributed by atoms with Gasteiger partial charge in [0, 0.05) is 0 Å². The minimum atomic E-state index is -1.40. The van der Waals surface area contributed by atoms with E-state index in [2.05, 4.69) is 72.4 Å². The molecule has 2 heteroatoms. The van der Waals surface area contributed by atoms with Crippen LogP contribution in [0.1, 0.15) is 47.1 Å². The van der Waals surface area contributed by atoms with Crippen LogP contribution in [0.4, 0.5) is 0 Å². The van der Waals surface area contributed by atoms with E-state index in [0.29, 0.717) is 0 Å². The molecule has 0 saturated heterocycles. The molecule has 124 valence electrons. The monoisotopic (exact) mass is 332 g/mol. The Morgan fingerprint density at radius 2 is 1.23 bits per heavy atom. The lowest BCUT2D eigenvalue weighted by Crippen LogP contribution is -2.62. The molecule has 0 radical (unpaired) electrons. The lowest BCUT2D eigenvalue weighted by Gasteiger charge is -2.39. The van der Waals surface area contributed by atoms with E-state index in [-0.39, 0.29) is 0 Å². The predicted molar refractivity (Wildman–Crippen MR) is 110 cm³/mol. The van der Waals surface area contributed by atoms with Crippen molar-refractivity contribution in [2.45, 2.75) is 77.8 Å². The Labute approximate surface area is 141 Å². The molecular weight excluding hydrogens is 296 g/mol. The summed E-state index contributed by atoms with van der Waals surface area (Å²) in [5, 5.41) is 3.57. The summed E-state index contributed by atoms with van der Waals surface area (Å²) in [4.78, 5) is 0. The Balaban J connectivity index is 3.77. The summed E-state index contributed by atoms with van der Waals surface area (Å²) in [6.45, 7) is 18.7. The van der Waals surface area contributed by atoms with E-state index in [9.17, 15) is 0 Å². The Morgan fingerprint density at radius 1 is 0.773 bits per heavy atom. The lowest BCUT2D eigenvalue weighted by atomic mass is 10.2. The fourth-order valence-electron chi connectivity index (χ4n) is 4.38. The second kappa shape index (κ2) is 8.30. The summed E-state index contributed by atoms with van der Waals surface area (Å²) in [6, 6.07) is 15.3. The average Bonchev–Trinajstić information content (AvgIpc) is 2.59. The zero-order chi connectivity index (χ0) is 16.8. The number of benzene rings is 1. The fraction of sp³-hybridized carbons (Fsp3) is 0.600. The van der Waals surface area contributed by atoms with Gasteiger partial charge in [0.1, 0.15) is 0 Å². The SMILES string of the molecule is C=Cc1cccc([Si](CC)(CC)CC)c1[Si](CC)(CC)CC. The molecule has 0 aromatic heterocycles. The molecule has 0 spiro atoms. The smallest absolute Gasteiger partial charge is 0.0865 e. The van der Waals surface area contributed by atoms with Gasteiger partial charge in [0.15, 0.2) is 0 Å². The van der Waals surface area contributed by atoms with E-state index in [1.54, 1.807) is 10.4 Å². The van der Waals surface area contributed by atoms with E-state index < -0.39 is 16.1 Å². The van der Waals surface area contributed by atoms with Gasteiger partial charge in [-0.15, -0.1) is 0 Å². The minimum absolute atomic E-state index is 1.36. The van der Waals surface area contributed by atoms with Crippen LogP contribution in [-0.4, -0.2) is 16.1 Å². The third-order valence-corrected chi connectivity index (χ3v) is 18.0. The van der Waals surface area contributed by atoms with Crippen LogP contribution < -0.4 is 10.4 Å². The quantitative estimate of drug-likeness (QED) is 0.504. The van der Waals surface area contributed by atoms with E-state index in [4.69, 9.17) is 0 Å². The highest BCUT2D eigenvalue weighted by Gasteiger charge is 2.39. The van der Waals surface area contributed by atoms with Crippen LogP contribution in [-0.2, 0) is 0 Å². The Bertz CT molecular complexity index is 466. The van der Waals surface area contributed by atoms with Crippen molar-refractivity contribution in [3.05, 3.63) is 30.3 Å². The summed E-state index contributed by atoms with van der Waals surface area (Å²) in [7, 11) is -2.76. The Hall–Kier alpha value is -0.606. The van der Waals surface area contributed by atoms with E-state index in [1.807, 2.05) is 0 Å². The lowest BCUT2D eigenvalue weighted by molar-refractivity contribution is 1.18. The van der Waals surface area contributed by atoms with Crippen molar-refractivity contribution in [2.75, 3.05) is 0 Å². The molecule has 0 unspecified atom stereocenters. The molecule has 0 N–H and O–H groups in total. The van der Waals surface area contributed by atoms with E-state index in [0.717, 1.165) is 0 Å². The summed E-state index contributed by atoms with van der Waals surface area (Å²) < 4.78 is 0. The molecule has 0 aliphatic rings. The molecule has 0 aliphatic heterocycles. The highest BCUT2D eigenvalue weighted by Crippen LogP contribution is 2.26. The van der Waals surface area contributed by atoms with Gasteiger partial charge in [-0.25, -0.2) is 0 Å². The molecule has 1 aromatic carbocycles. The van der Waals surface area contributed by atoms with Gasteiger partial charge in [-0.1, -0.05) is 119 Å². The third-order valence-electron chi connectivity index (χ3n) is 6.48. The van der Waals surface area contributed by atoms with Crippen molar-refractivity contribution in [1.82, 2.24) is 0 Å². The first kappa shape index (κ1) is 19.4. The van der Waals surface area contributed by atoms with Crippen LogP contribution in [0.5, 0.6) is 0 Å². The normalized spacial score (nSPS) is 12.5. The van der Waals surface area contributed by atoms with Crippen molar-refractivity contribution in [2.24, 2.45) is 0 Å². The first-order valence-corrected chi connectivity index (χ1v) is 14.5. The largest absolute Gasteiger partial charge is 0.0985 e. The van der Waals surface area contributed by atoms with Gasteiger partial charge in [-0.3, -0.25) is 0 Å². The predicted octanol–water partition coefficient (Wildman–Crippen LogP) is 5.76. The second-order valence-corrected chi connectivity index (χ2v) is 17.1. The molecule has 0 fully saturated rings. The second-order valence-electron chi connectivity index (χ2n) is 6.66. The highest BCUT2D eigenvalue weighted by molar-refractivity contribution is 7.01. The Kier molecular flexibility index (Phi) is 7.34. The molecule has 1 rings (SSSR count). The van der Waals surface area contributed by atoms with Gasteiger partial charge in [-0.2, -0.15) is 0 Å². The van der Waals surface area contributed by atoms with Gasteiger partial charge in [0.25, 0.3) is 0 Å². The van der Waals surface area contributed by atoms with Gasteiger partial charge in [0.2, 0.25) is 0 Å². The summed E-state index contributed by atoms with van der Waals surface area (Å²) in [5.74, 6) is 0. The molecular formula is C20H36Si2. The van der Waals surface area contributed by atoms with Crippen molar-refractivity contribution in [3.63, 3.8) is 0 Å². The van der Waals surface area contributed by atoms with Gasteiger partial charge >= 0.3 is 0 Å². The topological polar surface area (TPSA) is 0 Å². The van der Waals surface area contributed by atoms with E-state index in [1.165, 1.54) is 41.8 Å². The van der Waals surface area contributed by atoms with Crippen LogP contribution in [0.3, 0.4) is 0 Å².